The number of aromatic nitrogens is 1. The van der Waals surface area contributed by atoms with Crippen molar-refractivity contribution in [2.24, 2.45) is 0 Å². The molecule has 5 rings (SSSR count). The molecular formula is C33H30ClNO. The molecule has 0 aliphatic carbocycles. The molecule has 0 aliphatic rings. The van der Waals surface area contributed by atoms with E-state index >= 15 is 0 Å². The monoisotopic (exact) mass is 491 g/mol. The van der Waals surface area contributed by atoms with Gasteiger partial charge in [-0.05, 0) is 47.4 Å². The van der Waals surface area contributed by atoms with E-state index in [0.717, 1.165) is 18.7 Å². The van der Waals surface area contributed by atoms with E-state index < -0.39 is 0 Å². The lowest BCUT2D eigenvalue weighted by Gasteiger charge is -2.36. The molecule has 1 heterocycles. The van der Waals surface area contributed by atoms with Gasteiger partial charge in [-0.2, -0.15) is 0 Å². The lowest BCUT2D eigenvalue weighted by atomic mass is 9.67. The SMILES string of the molecule is [Cl-].c1ccc(C(CCOc2ccc(C[n+]3ccccc3)cc2)(c2ccccc2)c2ccccc2)cc1. The minimum atomic E-state index is -0.298. The van der Waals surface area contributed by atoms with Crippen molar-refractivity contribution >= 4 is 0 Å². The zero-order valence-electron chi connectivity index (χ0n) is 20.2. The normalized spacial score (nSPS) is 10.9. The molecule has 4 aromatic carbocycles. The molecule has 36 heavy (non-hydrogen) atoms. The fourth-order valence-electron chi connectivity index (χ4n) is 4.86. The molecule has 3 heteroatoms. The minimum Gasteiger partial charge on any atom is -1.00 e. The van der Waals surface area contributed by atoms with Gasteiger partial charge in [-0.3, -0.25) is 0 Å². The molecule has 0 aliphatic heterocycles. The number of nitrogens with zero attached hydrogens (tertiary/aromatic N) is 1. The first-order chi connectivity index (χ1) is 17.3. The van der Waals surface area contributed by atoms with Gasteiger partial charge in [-0.1, -0.05) is 97.1 Å². The topological polar surface area (TPSA) is 13.1 Å². The number of hydrogen-bond donors (Lipinski definition) is 0. The van der Waals surface area contributed by atoms with Crippen LogP contribution in [-0.4, -0.2) is 6.61 Å². The Morgan fingerprint density at radius 1 is 0.528 bits per heavy atom. The van der Waals surface area contributed by atoms with Gasteiger partial charge in [0, 0.05) is 23.1 Å². The first-order valence-electron chi connectivity index (χ1n) is 12.2. The van der Waals surface area contributed by atoms with Crippen molar-refractivity contribution in [3.8, 4) is 5.75 Å². The van der Waals surface area contributed by atoms with Gasteiger partial charge in [-0.25, -0.2) is 4.57 Å². The van der Waals surface area contributed by atoms with Crippen LogP contribution in [0.4, 0.5) is 0 Å². The Bertz CT molecular complexity index is 1210. The third-order valence-corrected chi connectivity index (χ3v) is 6.61. The van der Waals surface area contributed by atoms with Crippen LogP contribution < -0.4 is 21.7 Å². The van der Waals surface area contributed by atoms with E-state index in [1.165, 1.54) is 22.3 Å². The number of ether oxygens (including phenoxy) is 1. The molecule has 0 radical (unpaired) electrons. The quantitative estimate of drug-likeness (QED) is 0.226. The second-order valence-electron chi connectivity index (χ2n) is 8.79. The van der Waals surface area contributed by atoms with Gasteiger partial charge < -0.3 is 17.1 Å². The molecule has 2 nitrogen and oxygen atoms in total. The summed E-state index contributed by atoms with van der Waals surface area (Å²) < 4.78 is 8.49. The Kier molecular flexibility index (Phi) is 8.54. The summed E-state index contributed by atoms with van der Waals surface area (Å²) in [5, 5.41) is 0. The second kappa shape index (κ2) is 12.2. The molecule has 0 unspecified atom stereocenters. The fraction of sp³-hybridized carbons (Fsp3) is 0.121. The van der Waals surface area contributed by atoms with Crippen LogP contribution in [0.25, 0.3) is 0 Å². The van der Waals surface area contributed by atoms with E-state index in [0.29, 0.717) is 6.61 Å². The summed E-state index contributed by atoms with van der Waals surface area (Å²) in [6, 6.07) is 47.0. The van der Waals surface area contributed by atoms with Gasteiger partial charge in [0.1, 0.15) is 5.75 Å². The minimum absolute atomic E-state index is 0. The molecule has 0 spiro atoms. The Labute approximate surface area is 220 Å². The third-order valence-electron chi connectivity index (χ3n) is 6.61. The maximum atomic E-state index is 6.32. The number of hydrogen-bond acceptors (Lipinski definition) is 1. The van der Waals surface area contributed by atoms with Crippen LogP contribution >= 0.6 is 0 Å². The maximum absolute atomic E-state index is 6.32. The standard InChI is InChI=1S/C33H30NO.ClH/c1-5-13-29(14-6-1)33(30-15-7-2-8-16-30,31-17-9-3-10-18-31)23-26-35-32-21-19-28(20-22-32)27-34-24-11-4-12-25-34;/h1-22,24-25H,23,26-27H2;1H/q+1;/p-1. The van der Waals surface area contributed by atoms with E-state index in [4.69, 9.17) is 4.74 Å². The van der Waals surface area contributed by atoms with Crippen LogP contribution in [0.5, 0.6) is 5.75 Å². The smallest absolute Gasteiger partial charge is 0.173 e. The van der Waals surface area contributed by atoms with E-state index in [-0.39, 0.29) is 17.8 Å². The molecule has 0 atom stereocenters. The molecule has 1 aromatic heterocycles. The van der Waals surface area contributed by atoms with E-state index in [1.807, 2.05) is 6.07 Å². The molecule has 0 saturated heterocycles. The molecular weight excluding hydrogens is 462 g/mol. The van der Waals surface area contributed by atoms with Crippen molar-refractivity contribution in [2.45, 2.75) is 18.4 Å². The third kappa shape index (κ3) is 5.67. The summed E-state index contributed by atoms with van der Waals surface area (Å²) >= 11 is 0. The molecule has 180 valence electrons. The van der Waals surface area contributed by atoms with Crippen LogP contribution in [0.2, 0.25) is 0 Å². The molecule has 0 N–H and O–H groups in total. The van der Waals surface area contributed by atoms with E-state index in [1.54, 1.807) is 0 Å². The first-order valence-corrected chi connectivity index (χ1v) is 12.2. The van der Waals surface area contributed by atoms with Crippen LogP contribution in [0.15, 0.2) is 146 Å². The van der Waals surface area contributed by atoms with Crippen LogP contribution in [-0.2, 0) is 12.0 Å². The highest BCUT2D eigenvalue weighted by Crippen LogP contribution is 2.42. The number of rotatable bonds is 9. The van der Waals surface area contributed by atoms with Crippen molar-refractivity contribution < 1.29 is 21.7 Å². The lowest BCUT2D eigenvalue weighted by Crippen LogP contribution is -3.00. The summed E-state index contributed by atoms with van der Waals surface area (Å²) in [4.78, 5) is 0. The van der Waals surface area contributed by atoms with Gasteiger partial charge >= 0.3 is 0 Å². The summed E-state index contributed by atoms with van der Waals surface area (Å²) in [6.45, 7) is 1.45. The average Bonchev–Trinajstić information content (AvgIpc) is 2.94. The highest BCUT2D eigenvalue weighted by Gasteiger charge is 2.36. The summed E-state index contributed by atoms with van der Waals surface area (Å²) in [5.74, 6) is 0.898. The highest BCUT2D eigenvalue weighted by atomic mass is 35.5. The van der Waals surface area contributed by atoms with Crippen molar-refractivity contribution in [1.82, 2.24) is 0 Å². The fourth-order valence-corrected chi connectivity index (χ4v) is 4.86. The average molecular weight is 492 g/mol. The summed E-state index contributed by atoms with van der Waals surface area (Å²) in [7, 11) is 0. The Balaban J connectivity index is 0.00000304. The van der Waals surface area contributed by atoms with Crippen LogP contribution in [0.3, 0.4) is 0 Å². The van der Waals surface area contributed by atoms with Crippen molar-refractivity contribution in [1.29, 1.82) is 0 Å². The van der Waals surface area contributed by atoms with Crippen LogP contribution in [0, 0.1) is 0 Å². The van der Waals surface area contributed by atoms with Gasteiger partial charge in [0.2, 0.25) is 0 Å². The molecule has 0 amide bonds. The van der Waals surface area contributed by atoms with Crippen molar-refractivity contribution in [3.63, 3.8) is 0 Å². The summed E-state index contributed by atoms with van der Waals surface area (Å²) in [5.41, 5.74) is 4.78. The molecule has 0 saturated carbocycles. The second-order valence-corrected chi connectivity index (χ2v) is 8.79. The number of pyridine rings is 1. The Hall–Kier alpha value is -3.88. The Morgan fingerprint density at radius 2 is 0.972 bits per heavy atom. The highest BCUT2D eigenvalue weighted by molar-refractivity contribution is 5.50. The van der Waals surface area contributed by atoms with Crippen molar-refractivity contribution in [3.05, 3.63) is 168 Å². The largest absolute Gasteiger partial charge is 1.00 e. The van der Waals surface area contributed by atoms with Gasteiger partial charge in [0.15, 0.2) is 18.9 Å². The van der Waals surface area contributed by atoms with Gasteiger partial charge in [-0.15, -0.1) is 0 Å². The molecule has 0 fully saturated rings. The maximum Gasteiger partial charge on any atom is 0.173 e. The zero-order chi connectivity index (χ0) is 23.8. The lowest BCUT2D eigenvalue weighted by molar-refractivity contribution is -0.688. The number of benzene rings is 4. The molecule has 5 aromatic rings. The predicted molar refractivity (Wildman–Crippen MR) is 142 cm³/mol. The zero-order valence-corrected chi connectivity index (χ0v) is 21.0. The van der Waals surface area contributed by atoms with E-state index in [2.05, 4.69) is 144 Å². The van der Waals surface area contributed by atoms with Gasteiger partial charge in [0.25, 0.3) is 0 Å². The first kappa shape index (κ1) is 25.2. The van der Waals surface area contributed by atoms with E-state index in [9.17, 15) is 0 Å². The van der Waals surface area contributed by atoms with Crippen LogP contribution in [0.1, 0.15) is 28.7 Å². The number of halogens is 1. The van der Waals surface area contributed by atoms with Crippen molar-refractivity contribution in [2.75, 3.05) is 6.61 Å². The Morgan fingerprint density at radius 3 is 1.44 bits per heavy atom. The molecule has 0 bridgehead atoms. The predicted octanol–water partition coefficient (Wildman–Crippen LogP) is 3.83. The summed E-state index contributed by atoms with van der Waals surface area (Å²) in [6.07, 6.45) is 4.99. The van der Waals surface area contributed by atoms with Gasteiger partial charge in [0.05, 0.1) is 6.61 Å².